The van der Waals surface area contributed by atoms with Crippen molar-refractivity contribution in [1.82, 2.24) is 0 Å². The predicted octanol–water partition coefficient (Wildman–Crippen LogP) is 2.69. The Morgan fingerprint density at radius 3 is 2.58 bits per heavy atom. The van der Waals surface area contributed by atoms with E-state index in [9.17, 15) is 4.79 Å². The zero-order valence-electron chi connectivity index (χ0n) is 8.22. The third-order valence-corrected chi connectivity index (χ3v) is 1.56. The molecule has 0 fully saturated rings. The van der Waals surface area contributed by atoms with Crippen LogP contribution in [0.1, 0.15) is 40.0 Å². The number of hydrogen-bond donors (Lipinski definition) is 0. The Kier molecular flexibility index (Phi) is 6.44. The lowest BCUT2D eigenvalue weighted by molar-refractivity contribution is -0.140. The van der Waals surface area contributed by atoms with Gasteiger partial charge in [-0.05, 0) is 19.8 Å². The Balaban J connectivity index is 3.39. The summed E-state index contributed by atoms with van der Waals surface area (Å²) in [6, 6.07) is 0. The van der Waals surface area contributed by atoms with Crippen LogP contribution < -0.4 is 0 Å². The van der Waals surface area contributed by atoms with Gasteiger partial charge in [-0.1, -0.05) is 25.0 Å². The standard InChI is InChI=1S/C10H18O2/c1-4-6-9(2)7-5-8-12-10(3)11/h7H,4-6,8H2,1-3H3. The van der Waals surface area contributed by atoms with Gasteiger partial charge in [0.1, 0.15) is 0 Å². The van der Waals surface area contributed by atoms with Crippen molar-refractivity contribution in [2.24, 2.45) is 0 Å². The summed E-state index contributed by atoms with van der Waals surface area (Å²) in [4.78, 5) is 10.4. The van der Waals surface area contributed by atoms with Crippen molar-refractivity contribution in [3.8, 4) is 0 Å². The predicted molar refractivity (Wildman–Crippen MR) is 49.9 cm³/mol. The van der Waals surface area contributed by atoms with Gasteiger partial charge >= 0.3 is 5.97 Å². The number of ether oxygens (including phenoxy) is 1. The summed E-state index contributed by atoms with van der Waals surface area (Å²) in [6.07, 6.45) is 5.29. The summed E-state index contributed by atoms with van der Waals surface area (Å²) in [7, 11) is 0. The molecule has 0 aromatic rings. The molecule has 0 aromatic carbocycles. The molecule has 0 heterocycles. The van der Waals surface area contributed by atoms with Crippen LogP contribution in [0.25, 0.3) is 0 Å². The summed E-state index contributed by atoms with van der Waals surface area (Å²) in [6.45, 7) is 6.21. The Hall–Kier alpha value is -0.790. The van der Waals surface area contributed by atoms with Gasteiger partial charge in [0.15, 0.2) is 0 Å². The van der Waals surface area contributed by atoms with Crippen molar-refractivity contribution in [2.75, 3.05) is 6.61 Å². The number of hydrogen-bond acceptors (Lipinski definition) is 2. The molecule has 0 saturated carbocycles. The highest BCUT2D eigenvalue weighted by Crippen LogP contribution is 2.03. The molecular weight excluding hydrogens is 152 g/mol. The number of rotatable bonds is 5. The molecule has 0 unspecified atom stereocenters. The maximum atomic E-state index is 10.4. The summed E-state index contributed by atoms with van der Waals surface area (Å²) in [5.41, 5.74) is 1.38. The number of carbonyl (C=O) groups excluding carboxylic acids is 1. The van der Waals surface area contributed by atoms with Gasteiger partial charge in [-0.25, -0.2) is 0 Å². The quantitative estimate of drug-likeness (QED) is 0.360. The first-order valence-electron chi connectivity index (χ1n) is 4.45. The monoisotopic (exact) mass is 170 g/mol. The van der Waals surface area contributed by atoms with E-state index in [-0.39, 0.29) is 5.97 Å². The molecule has 2 nitrogen and oxygen atoms in total. The SMILES string of the molecule is CCCC(C)=CCCOC(C)=O. The second-order valence-corrected chi connectivity index (χ2v) is 2.93. The first-order valence-corrected chi connectivity index (χ1v) is 4.45. The lowest BCUT2D eigenvalue weighted by Gasteiger charge is -1.99. The topological polar surface area (TPSA) is 26.3 Å². The first kappa shape index (κ1) is 11.2. The summed E-state index contributed by atoms with van der Waals surface area (Å²) in [5.74, 6) is -0.198. The van der Waals surface area contributed by atoms with Gasteiger partial charge in [0.05, 0.1) is 6.61 Å². The molecule has 0 rings (SSSR count). The van der Waals surface area contributed by atoms with Crippen molar-refractivity contribution in [3.05, 3.63) is 11.6 Å². The maximum Gasteiger partial charge on any atom is 0.302 e. The van der Waals surface area contributed by atoms with Gasteiger partial charge in [-0.3, -0.25) is 4.79 Å². The Morgan fingerprint density at radius 1 is 1.42 bits per heavy atom. The van der Waals surface area contributed by atoms with E-state index in [0.29, 0.717) is 6.61 Å². The number of esters is 1. The molecule has 0 bridgehead atoms. The Labute approximate surface area is 74.6 Å². The number of allylic oxidation sites excluding steroid dienone is 1. The average molecular weight is 170 g/mol. The molecule has 0 radical (unpaired) electrons. The zero-order chi connectivity index (χ0) is 9.40. The average Bonchev–Trinajstić information content (AvgIpc) is 1.98. The van der Waals surface area contributed by atoms with E-state index >= 15 is 0 Å². The van der Waals surface area contributed by atoms with Gasteiger partial charge in [-0.2, -0.15) is 0 Å². The van der Waals surface area contributed by atoms with Crippen molar-refractivity contribution in [2.45, 2.75) is 40.0 Å². The highest BCUT2D eigenvalue weighted by atomic mass is 16.5. The van der Waals surface area contributed by atoms with Crippen LogP contribution in [0.2, 0.25) is 0 Å². The summed E-state index contributed by atoms with van der Waals surface area (Å²) in [5, 5.41) is 0. The largest absolute Gasteiger partial charge is 0.466 e. The molecule has 12 heavy (non-hydrogen) atoms. The van der Waals surface area contributed by atoms with Gasteiger partial charge in [0.25, 0.3) is 0 Å². The highest BCUT2D eigenvalue weighted by Gasteiger charge is 1.90. The molecule has 0 aliphatic carbocycles. The lowest BCUT2D eigenvalue weighted by Crippen LogP contribution is -1.99. The molecule has 0 atom stereocenters. The molecular formula is C10H18O2. The highest BCUT2D eigenvalue weighted by molar-refractivity contribution is 5.65. The van der Waals surface area contributed by atoms with Crippen LogP contribution in [-0.4, -0.2) is 12.6 Å². The first-order chi connectivity index (χ1) is 5.66. The molecule has 0 aromatic heterocycles. The number of carbonyl (C=O) groups is 1. The van der Waals surface area contributed by atoms with Crippen LogP contribution in [0.15, 0.2) is 11.6 Å². The van der Waals surface area contributed by atoms with Crippen molar-refractivity contribution < 1.29 is 9.53 Å². The summed E-state index contributed by atoms with van der Waals surface area (Å²) >= 11 is 0. The fourth-order valence-electron chi connectivity index (χ4n) is 1.00. The van der Waals surface area contributed by atoms with Crippen LogP contribution in [-0.2, 0) is 9.53 Å². The smallest absolute Gasteiger partial charge is 0.302 e. The lowest BCUT2D eigenvalue weighted by atomic mass is 10.1. The minimum atomic E-state index is -0.198. The van der Waals surface area contributed by atoms with E-state index in [2.05, 4.69) is 19.9 Å². The van der Waals surface area contributed by atoms with Crippen molar-refractivity contribution in [1.29, 1.82) is 0 Å². The fraction of sp³-hybridized carbons (Fsp3) is 0.700. The van der Waals surface area contributed by atoms with Gasteiger partial charge in [0, 0.05) is 6.92 Å². The Morgan fingerprint density at radius 2 is 2.08 bits per heavy atom. The fourth-order valence-corrected chi connectivity index (χ4v) is 1.00. The minimum absolute atomic E-state index is 0.198. The van der Waals surface area contributed by atoms with E-state index in [1.54, 1.807) is 0 Å². The van der Waals surface area contributed by atoms with E-state index in [1.807, 2.05) is 0 Å². The third-order valence-electron chi connectivity index (χ3n) is 1.56. The zero-order valence-corrected chi connectivity index (χ0v) is 8.22. The molecule has 70 valence electrons. The van der Waals surface area contributed by atoms with Gasteiger partial charge in [-0.15, -0.1) is 0 Å². The van der Waals surface area contributed by atoms with E-state index < -0.39 is 0 Å². The molecule has 0 spiro atoms. The maximum absolute atomic E-state index is 10.4. The molecule has 0 aliphatic heterocycles. The van der Waals surface area contributed by atoms with Crippen LogP contribution in [0, 0.1) is 0 Å². The van der Waals surface area contributed by atoms with E-state index in [4.69, 9.17) is 4.74 Å². The van der Waals surface area contributed by atoms with Gasteiger partial charge < -0.3 is 4.74 Å². The van der Waals surface area contributed by atoms with E-state index in [1.165, 1.54) is 18.9 Å². The minimum Gasteiger partial charge on any atom is -0.466 e. The van der Waals surface area contributed by atoms with Crippen molar-refractivity contribution in [3.63, 3.8) is 0 Å². The molecule has 0 amide bonds. The van der Waals surface area contributed by atoms with Crippen LogP contribution >= 0.6 is 0 Å². The molecule has 0 aliphatic rings. The van der Waals surface area contributed by atoms with Crippen LogP contribution in [0.5, 0.6) is 0 Å². The molecule has 0 saturated heterocycles. The van der Waals surface area contributed by atoms with E-state index in [0.717, 1.165) is 12.8 Å². The van der Waals surface area contributed by atoms with Crippen LogP contribution in [0.3, 0.4) is 0 Å². The normalized spacial score (nSPS) is 11.4. The molecule has 0 N–H and O–H groups in total. The summed E-state index contributed by atoms with van der Waals surface area (Å²) < 4.78 is 4.79. The third kappa shape index (κ3) is 7.32. The second kappa shape index (κ2) is 6.89. The van der Waals surface area contributed by atoms with Crippen LogP contribution in [0.4, 0.5) is 0 Å². The van der Waals surface area contributed by atoms with Gasteiger partial charge in [0.2, 0.25) is 0 Å². The second-order valence-electron chi connectivity index (χ2n) is 2.93. The Bertz CT molecular complexity index is 159. The van der Waals surface area contributed by atoms with Crippen molar-refractivity contribution >= 4 is 5.97 Å². The molecule has 2 heteroatoms.